The highest BCUT2D eigenvalue weighted by atomic mass is 35.5. The van der Waals surface area contributed by atoms with Gasteiger partial charge in [-0.2, -0.15) is 4.68 Å². The molecule has 0 radical (unpaired) electrons. The first-order chi connectivity index (χ1) is 27.8. The van der Waals surface area contributed by atoms with Gasteiger partial charge in [-0.05, 0) is 71.7 Å². The fraction of sp³-hybridized carbons (Fsp3) is 0.297. The number of carboxylic acids is 1. The quantitative estimate of drug-likeness (QED) is 0.0785. The lowest BCUT2D eigenvalue weighted by molar-refractivity contribution is -0.160. The molecule has 3 aromatic carbocycles. The molecule has 4 aromatic rings. The minimum absolute atomic E-state index is 0.0200. The number of aliphatic carboxylic acids is 1. The number of amides is 6. The van der Waals surface area contributed by atoms with Crippen molar-refractivity contribution >= 4 is 70.8 Å². The Balaban J connectivity index is 1.23. The number of tetrazole rings is 1. The summed E-state index contributed by atoms with van der Waals surface area (Å²) in [5.41, 5.74) is 0.586. The molecule has 0 bridgehead atoms. The zero-order chi connectivity index (χ0) is 41.7. The average molecular weight is 816 g/mol. The van der Waals surface area contributed by atoms with Gasteiger partial charge in [0.2, 0.25) is 18.1 Å². The number of carbonyl (C=O) groups excluding carboxylic acids is 5. The Morgan fingerprint density at radius 2 is 1.67 bits per heavy atom. The molecule has 6 rings (SSSR count). The molecule has 2 atom stereocenters. The van der Waals surface area contributed by atoms with Crippen LogP contribution in [0.3, 0.4) is 0 Å². The van der Waals surface area contributed by atoms with Gasteiger partial charge in [0.25, 0.3) is 5.66 Å². The van der Waals surface area contributed by atoms with Gasteiger partial charge in [-0.15, -0.1) is 5.10 Å². The number of nitrogens with one attached hydrogen (secondary N) is 3. The summed E-state index contributed by atoms with van der Waals surface area (Å²) in [5.74, 6) is -4.25. The maximum absolute atomic E-state index is 13.7. The van der Waals surface area contributed by atoms with Gasteiger partial charge < -0.3 is 30.6 Å². The predicted molar refractivity (Wildman–Crippen MR) is 206 cm³/mol. The van der Waals surface area contributed by atoms with Crippen LogP contribution in [0.15, 0.2) is 73.1 Å². The number of carbonyl (C=O) groups is 7. The predicted octanol–water partition coefficient (Wildman–Crippen LogP) is 2.77. The number of piperidine rings is 1. The standard InChI is InChI=1S/C37H38ClN11O9/c1-45(2)33(53)23-15-17-46(18-16-23)35(56)40-25-11-7-22(8-12-25)9-14-30(51)41-32-26-5-3-4-6-28(26)48(36(57)58)37(32,34(54)55)49(31(52)20-50)42-27-19-24(38)10-13-29(27)47-21-39-43-44-47/h3-8,10-13,19-21,23,32,42H,9,14-18H2,1-2H3,(H,40,56)(H,41,51)(H,54,55)(H,57,58). The van der Waals surface area contributed by atoms with Crippen LogP contribution >= 0.6 is 11.6 Å². The van der Waals surface area contributed by atoms with E-state index in [0.717, 1.165) is 4.68 Å². The molecule has 2 aliphatic heterocycles. The number of benzene rings is 3. The third-order valence-electron chi connectivity index (χ3n) is 9.91. The lowest BCUT2D eigenvalue weighted by atomic mass is 9.95. The number of anilines is 3. The number of para-hydroxylation sites is 1. The molecule has 2 unspecified atom stereocenters. The Bertz CT molecular complexity index is 2230. The molecule has 1 fully saturated rings. The van der Waals surface area contributed by atoms with Crippen LogP contribution in [0.4, 0.5) is 26.7 Å². The van der Waals surface area contributed by atoms with Gasteiger partial charge >= 0.3 is 24.0 Å². The molecular weight excluding hydrogens is 778 g/mol. The van der Waals surface area contributed by atoms with E-state index in [1.807, 2.05) is 0 Å². The number of rotatable bonds is 12. The molecule has 1 aromatic heterocycles. The molecule has 21 heteroatoms. The van der Waals surface area contributed by atoms with E-state index in [0.29, 0.717) is 47.1 Å². The number of hydrogen-bond acceptors (Lipinski definition) is 11. The SMILES string of the molecule is CN(C)C(=O)C1CCN(C(=O)Nc2ccc(CCC(=O)NC3c4ccccc4N(C(=O)O)C3(C(=O)O)N(Nc3cc(Cl)ccc3-n3cnnn3)C(=O)C=O)cc2)CC1. The third-order valence-corrected chi connectivity index (χ3v) is 10.1. The zero-order valence-electron chi connectivity index (χ0n) is 31.1. The highest BCUT2D eigenvalue weighted by molar-refractivity contribution is 6.31. The van der Waals surface area contributed by atoms with Crippen LogP contribution in [0.5, 0.6) is 0 Å². The Morgan fingerprint density at radius 3 is 2.29 bits per heavy atom. The van der Waals surface area contributed by atoms with Gasteiger partial charge in [-0.3, -0.25) is 24.6 Å². The smallest absolute Gasteiger partial charge is 0.414 e. The summed E-state index contributed by atoms with van der Waals surface area (Å²) in [6.07, 6.45) is 0.206. The van der Waals surface area contributed by atoms with Crippen molar-refractivity contribution < 1.29 is 43.8 Å². The van der Waals surface area contributed by atoms with Gasteiger partial charge in [-0.1, -0.05) is 41.9 Å². The fourth-order valence-corrected chi connectivity index (χ4v) is 7.30. The lowest BCUT2D eigenvalue weighted by Crippen LogP contribution is -2.72. The molecule has 20 nitrogen and oxygen atoms in total. The molecule has 1 saturated heterocycles. The topological polar surface area (TPSA) is 253 Å². The Labute approximate surface area is 335 Å². The largest absolute Gasteiger partial charge is 0.478 e. The number of aryl methyl sites for hydroxylation is 1. The number of aromatic nitrogens is 4. The second-order valence-corrected chi connectivity index (χ2v) is 14.1. The van der Waals surface area contributed by atoms with Gasteiger partial charge in [0.1, 0.15) is 12.4 Å². The van der Waals surface area contributed by atoms with Crippen LogP contribution in [-0.2, 0) is 30.4 Å². The molecular formula is C37H38ClN11O9. The van der Waals surface area contributed by atoms with Gasteiger partial charge in [0.05, 0.1) is 17.1 Å². The van der Waals surface area contributed by atoms with Crippen LogP contribution in [-0.4, -0.2) is 120 Å². The zero-order valence-corrected chi connectivity index (χ0v) is 31.9. The summed E-state index contributed by atoms with van der Waals surface area (Å²) in [4.78, 5) is 95.0. The Kier molecular flexibility index (Phi) is 11.9. The molecule has 2 aliphatic rings. The number of fused-ring (bicyclic) bond motifs is 1. The van der Waals surface area contributed by atoms with Gasteiger partial charge in [0, 0.05) is 55.8 Å². The molecule has 5 N–H and O–H groups in total. The van der Waals surface area contributed by atoms with E-state index < -0.39 is 35.6 Å². The van der Waals surface area contributed by atoms with Crippen molar-refractivity contribution in [3.05, 3.63) is 89.2 Å². The van der Waals surface area contributed by atoms with Crippen molar-refractivity contribution in [2.45, 2.75) is 37.4 Å². The van der Waals surface area contributed by atoms with E-state index in [-0.39, 0.29) is 64.6 Å². The minimum Gasteiger partial charge on any atom is -0.478 e. The molecule has 0 aliphatic carbocycles. The first kappa shape index (κ1) is 40.6. The van der Waals surface area contributed by atoms with Crippen molar-refractivity contribution in [2.24, 2.45) is 5.92 Å². The van der Waals surface area contributed by atoms with E-state index in [1.54, 1.807) is 48.2 Å². The summed E-state index contributed by atoms with van der Waals surface area (Å²) in [6, 6.07) is 14.4. The average Bonchev–Trinajstić information content (AvgIpc) is 3.85. The third kappa shape index (κ3) is 7.94. The Morgan fingerprint density at radius 1 is 0.966 bits per heavy atom. The maximum atomic E-state index is 13.7. The number of urea groups is 1. The van der Waals surface area contributed by atoms with E-state index in [4.69, 9.17) is 11.6 Å². The first-order valence-corrected chi connectivity index (χ1v) is 18.2. The van der Waals surface area contributed by atoms with Crippen LogP contribution in [0.2, 0.25) is 5.02 Å². The lowest BCUT2D eigenvalue weighted by Gasteiger charge is -2.44. The number of carboxylic acid groups (broad SMARTS) is 2. The number of halogens is 1. The number of hydrazine groups is 1. The monoisotopic (exact) mass is 815 g/mol. The first-order valence-electron chi connectivity index (χ1n) is 17.9. The summed E-state index contributed by atoms with van der Waals surface area (Å²) in [5, 5.41) is 38.5. The molecule has 58 heavy (non-hydrogen) atoms. The van der Waals surface area contributed by atoms with E-state index >= 15 is 0 Å². The molecule has 0 saturated carbocycles. The molecule has 0 spiro atoms. The highest BCUT2D eigenvalue weighted by Gasteiger charge is 2.66. The number of aldehydes is 1. The van der Waals surface area contributed by atoms with Crippen LogP contribution < -0.4 is 21.0 Å². The molecule has 302 valence electrons. The van der Waals surface area contributed by atoms with Crippen molar-refractivity contribution in [2.75, 3.05) is 42.8 Å². The van der Waals surface area contributed by atoms with Crippen LogP contribution in [0, 0.1) is 5.92 Å². The van der Waals surface area contributed by atoms with Crippen LogP contribution in [0.1, 0.15) is 36.4 Å². The molecule has 3 heterocycles. The normalized spacial score (nSPS) is 17.5. The van der Waals surface area contributed by atoms with Crippen molar-refractivity contribution in [3.8, 4) is 5.69 Å². The number of hydrogen-bond donors (Lipinski definition) is 5. The van der Waals surface area contributed by atoms with Crippen molar-refractivity contribution in [1.82, 2.24) is 40.3 Å². The fourth-order valence-electron chi connectivity index (χ4n) is 7.13. The Hall–Kier alpha value is -7.09. The minimum atomic E-state index is -3.04. The van der Waals surface area contributed by atoms with E-state index in [2.05, 4.69) is 31.6 Å². The molecule has 6 amide bonds. The van der Waals surface area contributed by atoms with Crippen molar-refractivity contribution in [1.29, 1.82) is 0 Å². The van der Waals surface area contributed by atoms with E-state index in [9.17, 15) is 43.8 Å². The van der Waals surface area contributed by atoms with Gasteiger partial charge in [-0.25, -0.2) is 24.3 Å². The second-order valence-electron chi connectivity index (χ2n) is 13.6. The van der Waals surface area contributed by atoms with Crippen LogP contribution in [0.25, 0.3) is 5.69 Å². The van der Waals surface area contributed by atoms with Crippen molar-refractivity contribution in [3.63, 3.8) is 0 Å². The highest BCUT2D eigenvalue weighted by Crippen LogP contribution is 2.49. The summed E-state index contributed by atoms with van der Waals surface area (Å²) in [7, 11) is 3.41. The second kappa shape index (κ2) is 17.0. The maximum Gasteiger partial charge on any atom is 0.414 e. The number of nitrogens with zero attached hydrogens (tertiary/aromatic N) is 8. The summed E-state index contributed by atoms with van der Waals surface area (Å²) >= 11 is 6.27. The van der Waals surface area contributed by atoms with E-state index in [1.165, 1.54) is 48.8 Å². The summed E-state index contributed by atoms with van der Waals surface area (Å²) in [6.45, 7) is 0.864. The number of likely N-dealkylation sites (tertiary alicyclic amines) is 1. The summed E-state index contributed by atoms with van der Waals surface area (Å²) < 4.78 is 1.15. The van der Waals surface area contributed by atoms with Gasteiger partial charge in [0.15, 0.2) is 0 Å².